The van der Waals surface area contributed by atoms with Crippen molar-refractivity contribution in [3.8, 4) is 34.8 Å². The molecule has 0 aliphatic carbocycles. The van der Waals surface area contributed by atoms with Crippen molar-refractivity contribution >= 4 is 52.6 Å². The fourth-order valence-electron chi connectivity index (χ4n) is 9.57. The normalized spacial score (nSPS) is 13.7. The molecule has 0 unspecified atom stereocenters. The lowest BCUT2D eigenvalue weighted by Gasteiger charge is -2.26. The van der Waals surface area contributed by atoms with E-state index in [1.54, 1.807) is 73.7 Å². The minimum absolute atomic E-state index is 0.0117. The van der Waals surface area contributed by atoms with Crippen molar-refractivity contribution < 1.29 is 43.0 Å². The van der Waals surface area contributed by atoms with Gasteiger partial charge >= 0.3 is 0 Å². The number of carbonyl (C=O) groups excluding carboxylic acids is 7. The number of carbonyl (C=O) groups is 7. The maximum Gasteiger partial charge on any atom is 0.266 e. The van der Waals surface area contributed by atoms with Crippen LogP contribution in [0.5, 0.6) is 23.0 Å². The minimum Gasteiger partial charge on any atom is -0.457 e. The number of hydrogen-bond acceptors (Lipinski definition) is 9. The predicted molar refractivity (Wildman–Crippen MR) is 281 cm³/mol. The largest absolute Gasteiger partial charge is 0.457 e. The van der Waals surface area contributed by atoms with Gasteiger partial charge in [-0.15, -0.1) is 0 Å². The fraction of sp³-hybridized carbons (Fsp3) is 0.0952. The number of rotatable bonds is 11. The van der Waals surface area contributed by atoms with Crippen molar-refractivity contribution in [3.63, 3.8) is 0 Å². The monoisotopic (exact) mass is 985 g/mol. The number of ether oxygens (including phenoxy) is 2. The predicted octanol–water partition coefficient (Wildman–Crippen LogP) is 11.8. The van der Waals surface area contributed by atoms with Gasteiger partial charge in [-0.25, -0.2) is 9.80 Å². The number of fused-ring (bicyclic) bond motifs is 3. The van der Waals surface area contributed by atoms with Crippen LogP contribution in [0, 0.1) is 18.8 Å². The van der Waals surface area contributed by atoms with Gasteiger partial charge in [0.1, 0.15) is 23.0 Å². The first-order chi connectivity index (χ1) is 36.2. The summed E-state index contributed by atoms with van der Waals surface area (Å²) in [6, 6.07) is 49.9. The lowest BCUT2D eigenvalue weighted by molar-refractivity contribution is 0.0660. The number of nitrogens with zero attached hydrogens (tertiary/aromatic N) is 3. The summed E-state index contributed by atoms with van der Waals surface area (Å²) >= 11 is 0. The number of ketones is 1. The molecule has 0 atom stereocenters. The van der Waals surface area contributed by atoms with E-state index in [2.05, 4.69) is 25.7 Å². The molecule has 3 heterocycles. The van der Waals surface area contributed by atoms with Crippen molar-refractivity contribution in [2.75, 3.05) is 16.3 Å². The molecule has 8 aromatic rings. The smallest absolute Gasteiger partial charge is 0.266 e. The molecule has 12 heteroatoms. The minimum atomic E-state index is -0.689. The van der Waals surface area contributed by atoms with Gasteiger partial charge in [-0.2, -0.15) is 0 Å². The second-order valence-electron chi connectivity index (χ2n) is 18.8. The number of hydrogen-bond donors (Lipinski definition) is 0. The highest BCUT2D eigenvalue weighted by atomic mass is 16.5. The molecule has 8 aromatic carbocycles. The standard InChI is InChI=1S/C63H43N3O9/c1-5-64-57(68)50-29-26-48(35-54(50)58(64)69)74-46-22-18-42(19-23-46)63(3,4)43-20-24-47(25-21-43)75-49-27-30-52-55(36-49)62(73)66(60(52)71)45-33-41(32-44(34-45)65-59(70)51-28-11-37(2)31-53(51)61(65)72)56(67)40-16-14-39(15-17-40)13-12-38-9-7-6-8-10-38/h6-11,14-36H,5H2,1-4H3. The Balaban J connectivity index is 0.823. The zero-order valence-corrected chi connectivity index (χ0v) is 41.0. The Morgan fingerprint density at radius 2 is 0.867 bits per heavy atom. The molecule has 0 radical (unpaired) electrons. The van der Waals surface area contributed by atoms with Gasteiger partial charge in [0.05, 0.1) is 44.8 Å². The number of aryl methyl sites for hydroxylation is 1. The van der Waals surface area contributed by atoms with Gasteiger partial charge in [0, 0.05) is 34.2 Å². The average molecular weight is 986 g/mol. The highest BCUT2D eigenvalue weighted by Gasteiger charge is 2.41. The van der Waals surface area contributed by atoms with Crippen LogP contribution in [-0.2, 0) is 5.41 Å². The lowest BCUT2D eigenvalue weighted by Crippen LogP contribution is -2.32. The van der Waals surface area contributed by atoms with Crippen LogP contribution in [0.1, 0.15) is 127 Å². The van der Waals surface area contributed by atoms with E-state index >= 15 is 0 Å². The van der Waals surface area contributed by atoms with Crippen LogP contribution in [0.4, 0.5) is 11.4 Å². The molecule has 11 rings (SSSR count). The molecule has 6 amide bonds. The molecule has 0 bridgehead atoms. The highest BCUT2D eigenvalue weighted by molar-refractivity contribution is 6.37. The van der Waals surface area contributed by atoms with E-state index in [-0.39, 0.29) is 56.6 Å². The third-order valence-electron chi connectivity index (χ3n) is 13.7. The van der Waals surface area contributed by atoms with E-state index in [0.717, 1.165) is 32.1 Å². The Labute approximate surface area is 431 Å². The van der Waals surface area contributed by atoms with Crippen molar-refractivity contribution in [1.82, 2.24) is 4.90 Å². The zero-order chi connectivity index (χ0) is 52.3. The maximum absolute atomic E-state index is 14.4. The summed E-state index contributed by atoms with van der Waals surface area (Å²) in [5, 5.41) is 0. The summed E-state index contributed by atoms with van der Waals surface area (Å²) in [5.41, 5.74) is 5.37. The molecular weight excluding hydrogens is 943 g/mol. The second-order valence-corrected chi connectivity index (χ2v) is 18.8. The Morgan fingerprint density at radius 3 is 1.39 bits per heavy atom. The lowest BCUT2D eigenvalue weighted by atomic mass is 9.78. The van der Waals surface area contributed by atoms with E-state index < -0.39 is 34.8 Å². The van der Waals surface area contributed by atoms with E-state index in [0.29, 0.717) is 46.2 Å². The quantitative estimate of drug-likeness (QED) is 0.0701. The van der Waals surface area contributed by atoms with Gasteiger partial charge in [0.15, 0.2) is 5.78 Å². The summed E-state index contributed by atoms with van der Waals surface area (Å²) in [6.07, 6.45) is 0. The fourth-order valence-corrected chi connectivity index (χ4v) is 9.57. The first-order valence-electron chi connectivity index (χ1n) is 24.1. The number of amides is 6. The zero-order valence-electron chi connectivity index (χ0n) is 41.0. The first-order valence-corrected chi connectivity index (χ1v) is 24.1. The summed E-state index contributed by atoms with van der Waals surface area (Å²) in [5.74, 6) is 4.29. The van der Waals surface area contributed by atoms with Gasteiger partial charge in [0.2, 0.25) is 0 Å². The molecule has 0 spiro atoms. The molecule has 364 valence electrons. The van der Waals surface area contributed by atoms with Crippen LogP contribution >= 0.6 is 0 Å². The Kier molecular flexibility index (Phi) is 11.7. The van der Waals surface area contributed by atoms with Crippen molar-refractivity contribution in [2.24, 2.45) is 0 Å². The van der Waals surface area contributed by atoms with E-state index in [1.165, 1.54) is 35.2 Å². The molecule has 0 saturated heterocycles. The first kappa shape index (κ1) is 47.3. The molecule has 75 heavy (non-hydrogen) atoms. The van der Waals surface area contributed by atoms with Crippen molar-refractivity contribution in [1.29, 1.82) is 0 Å². The molecule has 0 saturated carbocycles. The SMILES string of the molecule is CCN1C(=O)c2ccc(Oc3ccc(C(C)(C)c4ccc(Oc5ccc6c(c5)C(=O)N(c5cc(C(=O)c7ccc(C#Cc8ccccc8)cc7)cc(N7C(=O)c8ccc(C)cc8C7=O)c5)C6=O)cc4)cc3)cc2C1=O. The van der Waals surface area contributed by atoms with Gasteiger partial charge in [0.25, 0.3) is 35.4 Å². The Bertz CT molecular complexity index is 3830. The number of imide groups is 3. The average Bonchev–Trinajstić information content (AvgIpc) is 3.95. The maximum atomic E-state index is 14.4. The molecule has 0 aromatic heterocycles. The van der Waals surface area contributed by atoms with E-state index in [4.69, 9.17) is 9.47 Å². The van der Waals surface area contributed by atoms with Gasteiger partial charge in [-0.05, 0) is 152 Å². The number of anilines is 2. The third-order valence-corrected chi connectivity index (χ3v) is 13.7. The van der Waals surface area contributed by atoms with Crippen LogP contribution in [-0.4, -0.2) is 52.7 Å². The van der Waals surface area contributed by atoms with Crippen molar-refractivity contribution in [3.05, 3.63) is 248 Å². The molecular formula is C63H43N3O9. The molecule has 0 N–H and O–H groups in total. The van der Waals surface area contributed by atoms with Crippen LogP contribution < -0.4 is 19.3 Å². The molecule has 12 nitrogen and oxygen atoms in total. The van der Waals surface area contributed by atoms with Gasteiger partial charge in [-0.3, -0.25) is 38.5 Å². The Hall–Kier alpha value is -9.99. The topological polar surface area (TPSA) is 148 Å². The van der Waals surface area contributed by atoms with Crippen LogP contribution in [0.15, 0.2) is 176 Å². The highest BCUT2D eigenvalue weighted by Crippen LogP contribution is 2.39. The Morgan fingerprint density at radius 1 is 0.440 bits per heavy atom. The van der Waals surface area contributed by atoms with E-state index in [1.807, 2.05) is 85.8 Å². The van der Waals surface area contributed by atoms with E-state index in [9.17, 15) is 33.6 Å². The van der Waals surface area contributed by atoms with Crippen molar-refractivity contribution in [2.45, 2.75) is 33.1 Å². The molecule has 0 fully saturated rings. The second kappa shape index (κ2) is 18.6. The van der Waals surface area contributed by atoms with Crippen LogP contribution in [0.2, 0.25) is 0 Å². The van der Waals surface area contributed by atoms with Crippen LogP contribution in [0.3, 0.4) is 0 Å². The summed E-state index contributed by atoms with van der Waals surface area (Å²) in [7, 11) is 0. The van der Waals surface area contributed by atoms with Gasteiger partial charge < -0.3 is 9.47 Å². The summed E-state index contributed by atoms with van der Waals surface area (Å²) < 4.78 is 12.3. The summed E-state index contributed by atoms with van der Waals surface area (Å²) in [6.45, 7) is 8.04. The molecule has 3 aliphatic heterocycles. The third kappa shape index (κ3) is 8.52. The van der Waals surface area contributed by atoms with Gasteiger partial charge in [-0.1, -0.05) is 79.8 Å². The summed E-state index contributed by atoms with van der Waals surface area (Å²) in [4.78, 5) is 99.1. The van der Waals surface area contributed by atoms with Crippen LogP contribution in [0.25, 0.3) is 0 Å². The number of benzene rings is 8. The molecule has 3 aliphatic rings.